The lowest BCUT2D eigenvalue weighted by Crippen LogP contribution is -2.20. The van der Waals surface area contributed by atoms with Crippen molar-refractivity contribution in [2.75, 3.05) is 5.73 Å². The van der Waals surface area contributed by atoms with Crippen LogP contribution in [0.2, 0.25) is 0 Å². The highest BCUT2D eigenvalue weighted by Crippen LogP contribution is 2.24. The van der Waals surface area contributed by atoms with Crippen molar-refractivity contribution < 1.29 is 4.43 Å². The van der Waals surface area contributed by atoms with Crippen LogP contribution in [0.5, 0.6) is 0 Å². The number of nitrogen functional groups attached to an aromatic ring is 1. The molecular weight excluding hydrogens is 166 g/mol. The average Bonchev–Trinajstić information content (AvgIpc) is 2.05. The smallest absolute Gasteiger partial charge is 0.247 e. The van der Waals surface area contributed by atoms with Gasteiger partial charge in [-0.15, -0.1) is 0 Å². The van der Waals surface area contributed by atoms with Gasteiger partial charge in [0.05, 0.1) is 5.60 Å². The van der Waals surface area contributed by atoms with E-state index >= 15 is 0 Å². The topological polar surface area (TPSA) is 35.2 Å². The molecule has 0 spiro atoms. The summed E-state index contributed by atoms with van der Waals surface area (Å²) in [6.07, 6.45) is 0. The molecule has 12 heavy (non-hydrogen) atoms. The molecule has 0 aliphatic rings. The SMILES string of the molecule is CC(C)(O[Si])c1cccc(N)c1. The highest BCUT2D eigenvalue weighted by atomic mass is 28.2. The first-order valence-corrected chi connectivity index (χ1v) is 4.18. The molecule has 0 unspecified atom stereocenters. The lowest BCUT2D eigenvalue weighted by Gasteiger charge is -2.23. The third-order valence-corrected chi connectivity index (χ3v) is 2.35. The number of hydrogen-bond acceptors (Lipinski definition) is 2. The first kappa shape index (κ1) is 9.29. The maximum absolute atomic E-state index is 5.64. The molecule has 1 aromatic rings. The van der Waals surface area contributed by atoms with Crippen molar-refractivity contribution in [2.45, 2.75) is 19.4 Å². The van der Waals surface area contributed by atoms with Crippen LogP contribution in [-0.4, -0.2) is 10.5 Å². The minimum Gasteiger partial charge on any atom is -0.410 e. The van der Waals surface area contributed by atoms with Crippen molar-refractivity contribution in [2.24, 2.45) is 0 Å². The molecule has 0 atom stereocenters. The molecule has 0 amide bonds. The Morgan fingerprint density at radius 2 is 2.08 bits per heavy atom. The van der Waals surface area contributed by atoms with Crippen molar-refractivity contribution in [1.29, 1.82) is 0 Å². The summed E-state index contributed by atoms with van der Waals surface area (Å²) in [5.41, 5.74) is 7.10. The van der Waals surface area contributed by atoms with Crippen LogP contribution >= 0.6 is 0 Å². The molecule has 63 valence electrons. The normalized spacial score (nSPS) is 11.6. The van der Waals surface area contributed by atoms with Crippen molar-refractivity contribution in [3.05, 3.63) is 29.8 Å². The first-order chi connectivity index (χ1) is 5.56. The molecule has 0 saturated heterocycles. The Bertz CT molecular complexity index is 273. The van der Waals surface area contributed by atoms with Crippen LogP contribution in [0.4, 0.5) is 5.69 Å². The highest BCUT2D eigenvalue weighted by molar-refractivity contribution is 5.98. The van der Waals surface area contributed by atoms with Crippen LogP contribution in [0.25, 0.3) is 0 Å². The Morgan fingerprint density at radius 3 is 2.58 bits per heavy atom. The van der Waals surface area contributed by atoms with Gasteiger partial charge in [-0.3, -0.25) is 0 Å². The molecule has 0 aromatic heterocycles. The molecule has 0 heterocycles. The van der Waals surface area contributed by atoms with E-state index < -0.39 is 0 Å². The number of hydrogen-bond donors (Lipinski definition) is 1. The van der Waals surface area contributed by atoms with E-state index in [1.807, 2.05) is 38.1 Å². The Kier molecular flexibility index (Phi) is 2.54. The van der Waals surface area contributed by atoms with E-state index in [4.69, 9.17) is 10.2 Å². The summed E-state index contributed by atoms with van der Waals surface area (Å²) in [5.74, 6) is 0. The molecule has 1 rings (SSSR count). The monoisotopic (exact) mass is 178 g/mol. The average molecular weight is 178 g/mol. The molecule has 3 radical (unpaired) electrons. The standard InChI is InChI=1S/C9H12NOSi/c1-9(2,11-12)7-4-3-5-8(10)6-7/h3-6H,10H2,1-2H3. The minimum absolute atomic E-state index is 0.341. The van der Waals surface area contributed by atoms with E-state index in [0.29, 0.717) is 0 Å². The van der Waals surface area contributed by atoms with Gasteiger partial charge in [0.15, 0.2) is 0 Å². The lowest BCUT2D eigenvalue weighted by molar-refractivity contribution is 0.123. The molecule has 2 nitrogen and oxygen atoms in total. The van der Waals surface area contributed by atoms with Crippen molar-refractivity contribution in [3.63, 3.8) is 0 Å². The van der Waals surface area contributed by atoms with Crippen LogP contribution in [0.3, 0.4) is 0 Å². The fraction of sp³-hybridized carbons (Fsp3) is 0.333. The van der Waals surface area contributed by atoms with E-state index in [1.165, 1.54) is 0 Å². The van der Waals surface area contributed by atoms with Crippen LogP contribution in [0, 0.1) is 0 Å². The first-order valence-electron chi connectivity index (χ1n) is 3.77. The van der Waals surface area contributed by atoms with E-state index in [1.54, 1.807) is 0 Å². The van der Waals surface area contributed by atoms with E-state index in [0.717, 1.165) is 11.3 Å². The van der Waals surface area contributed by atoms with Gasteiger partial charge in [-0.05, 0) is 31.5 Å². The number of nitrogens with two attached hydrogens (primary N) is 1. The summed E-state index contributed by atoms with van der Waals surface area (Å²) in [4.78, 5) is 0. The second kappa shape index (κ2) is 3.29. The third-order valence-electron chi connectivity index (χ3n) is 1.84. The minimum atomic E-state index is -0.341. The predicted molar refractivity (Wildman–Crippen MR) is 50.7 cm³/mol. The van der Waals surface area contributed by atoms with Gasteiger partial charge in [-0.25, -0.2) is 0 Å². The van der Waals surface area contributed by atoms with Gasteiger partial charge in [0.25, 0.3) is 0 Å². The van der Waals surface area contributed by atoms with Crippen molar-refractivity contribution >= 4 is 16.2 Å². The van der Waals surface area contributed by atoms with Gasteiger partial charge in [0, 0.05) is 5.69 Å². The molecule has 0 bridgehead atoms. The highest BCUT2D eigenvalue weighted by Gasteiger charge is 2.18. The summed E-state index contributed by atoms with van der Waals surface area (Å²) in [5, 5.41) is 0. The van der Waals surface area contributed by atoms with Crippen molar-refractivity contribution in [1.82, 2.24) is 0 Å². The summed E-state index contributed by atoms with van der Waals surface area (Å²) in [6, 6.07) is 7.65. The molecule has 0 saturated carbocycles. The summed E-state index contributed by atoms with van der Waals surface area (Å²) < 4.78 is 5.13. The summed E-state index contributed by atoms with van der Waals surface area (Å²) in [7, 11) is 3.04. The van der Waals surface area contributed by atoms with Crippen LogP contribution < -0.4 is 5.73 Å². The van der Waals surface area contributed by atoms with Gasteiger partial charge in [0.2, 0.25) is 10.5 Å². The van der Waals surface area contributed by atoms with E-state index in [9.17, 15) is 0 Å². The van der Waals surface area contributed by atoms with Crippen LogP contribution in [0.1, 0.15) is 19.4 Å². The Labute approximate surface area is 76.3 Å². The molecular formula is C9H12NOSi. The Balaban J connectivity index is 3.03. The molecule has 0 aliphatic heterocycles. The van der Waals surface area contributed by atoms with Crippen LogP contribution in [0.15, 0.2) is 24.3 Å². The lowest BCUT2D eigenvalue weighted by atomic mass is 9.98. The zero-order valence-corrected chi connectivity index (χ0v) is 8.29. The number of benzene rings is 1. The molecule has 3 heteroatoms. The zero-order valence-electron chi connectivity index (χ0n) is 7.29. The Morgan fingerprint density at radius 1 is 1.42 bits per heavy atom. The van der Waals surface area contributed by atoms with Crippen LogP contribution in [-0.2, 0) is 10.0 Å². The number of rotatable bonds is 2. The van der Waals surface area contributed by atoms with Gasteiger partial charge >= 0.3 is 0 Å². The van der Waals surface area contributed by atoms with Gasteiger partial charge in [0.1, 0.15) is 0 Å². The maximum Gasteiger partial charge on any atom is 0.247 e. The van der Waals surface area contributed by atoms with E-state index in [-0.39, 0.29) is 5.60 Å². The van der Waals surface area contributed by atoms with Crippen molar-refractivity contribution in [3.8, 4) is 0 Å². The number of anilines is 1. The summed E-state index contributed by atoms with van der Waals surface area (Å²) in [6.45, 7) is 3.93. The largest absolute Gasteiger partial charge is 0.410 e. The Hall–Kier alpha value is -0.803. The van der Waals surface area contributed by atoms with E-state index in [2.05, 4.69) is 10.5 Å². The molecule has 1 aromatic carbocycles. The third kappa shape index (κ3) is 1.87. The fourth-order valence-corrected chi connectivity index (χ4v) is 1.09. The van der Waals surface area contributed by atoms with Gasteiger partial charge < -0.3 is 10.2 Å². The van der Waals surface area contributed by atoms with Gasteiger partial charge in [-0.1, -0.05) is 12.1 Å². The second-order valence-electron chi connectivity index (χ2n) is 3.24. The zero-order chi connectivity index (χ0) is 9.19. The second-order valence-corrected chi connectivity index (χ2v) is 3.44. The quantitative estimate of drug-likeness (QED) is 0.551. The maximum atomic E-state index is 5.64. The molecule has 2 N–H and O–H groups in total. The molecule has 0 fully saturated rings. The fourth-order valence-electron chi connectivity index (χ4n) is 0.972. The predicted octanol–water partition coefficient (Wildman–Crippen LogP) is 1.60. The molecule has 0 aliphatic carbocycles. The summed E-state index contributed by atoms with van der Waals surface area (Å²) >= 11 is 0. The van der Waals surface area contributed by atoms with Gasteiger partial charge in [-0.2, -0.15) is 0 Å².